The second-order valence-corrected chi connectivity index (χ2v) is 8.08. The molecule has 8 heteroatoms. The zero-order valence-corrected chi connectivity index (χ0v) is 17.5. The Morgan fingerprint density at radius 2 is 1.84 bits per heavy atom. The Morgan fingerprint density at radius 3 is 2.55 bits per heavy atom. The highest BCUT2D eigenvalue weighted by molar-refractivity contribution is 6.05. The summed E-state index contributed by atoms with van der Waals surface area (Å²) in [7, 11) is 0. The largest absolute Gasteiger partial charge is 0.334 e. The second kappa shape index (κ2) is 8.22. The molecule has 0 aliphatic carbocycles. The summed E-state index contributed by atoms with van der Waals surface area (Å²) in [6.07, 6.45) is 0.554. The number of fused-ring (bicyclic) bond motifs is 1. The fraction of sp³-hybridized carbons (Fsp3) is 0.304. The number of anilines is 1. The zero-order chi connectivity index (χ0) is 22.1. The summed E-state index contributed by atoms with van der Waals surface area (Å²) in [5, 5.41) is 7.92. The number of piperidine rings is 1. The van der Waals surface area contributed by atoms with E-state index in [-0.39, 0.29) is 30.8 Å². The summed E-state index contributed by atoms with van der Waals surface area (Å²) in [5.41, 5.74) is 4.99. The first kappa shape index (κ1) is 20.6. The van der Waals surface area contributed by atoms with Crippen LogP contribution in [0.25, 0.3) is 0 Å². The lowest BCUT2D eigenvalue weighted by molar-refractivity contribution is -0.136. The van der Waals surface area contributed by atoms with Gasteiger partial charge in [-0.2, -0.15) is 0 Å². The van der Waals surface area contributed by atoms with Gasteiger partial charge in [0.05, 0.1) is 0 Å². The molecule has 1 saturated heterocycles. The maximum Gasteiger partial charge on any atom is 0.319 e. The highest BCUT2D eigenvalue weighted by Gasteiger charge is 2.39. The van der Waals surface area contributed by atoms with Gasteiger partial charge in [0, 0.05) is 30.8 Å². The molecular weight excluding hydrogens is 396 g/mol. The molecule has 1 fully saturated rings. The van der Waals surface area contributed by atoms with Crippen molar-refractivity contribution in [3.05, 3.63) is 64.2 Å². The van der Waals surface area contributed by atoms with E-state index in [1.807, 2.05) is 44.2 Å². The van der Waals surface area contributed by atoms with Crippen molar-refractivity contribution in [2.45, 2.75) is 45.8 Å². The first-order valence-electron chi connectivity index (χ1n) is 10.2. The number of imide groups is 1. The predicted octanol–water partition coefficient (Wildman–Crippen LogP) is 2.39. The van der Waals surface area contributed by atoms with Gasteiger partial charge in [-0.25, -0.2) is 4.79 Å². The van der Waals surface area contributed by atoms with Crippen LogP contribution in [0, 0.1) is 13.8 Å². The molecule has 2 aliphatic rings. The van der Waals surface area contributed by atoms with Crippen LogP contribution in [0.15, 0.2) is 36.4 Å². The quantitative estimate of drug-likeness (QED) is 0.660. The number of nitrogens with one attached hydrogen (secondary N) is 3. The van der Waals surface area contributed by atoms with E-state index in [2.05, 4.69) is 16.0 Å². The highest BCUT2D eigenvalue weighted by atomic mass is 16.2. The van der Waals surface area contributed by atoms with E-state index >= 15 is 0 Å². The van der Waals surface area contributed by atoms with Crippen LogP contribution in [0.4, 0.5) is 10.5 Å². The molecule has 4 rings (SSSR count). The van der Waals surface area contributed by atoms with Crippen LogP contribution < -0.4 is 16.0 Å². The van der Waals surface area contributed by atoms with Crippen molar-refractivity contribution < 1.29 is 19.2 Å². The standard InChI is InChI=1S/C23H24N4O4/c1-13-7-14(2)9-17(8-13)25-23(31)24-11-15-3-4-16-12-27(22(30)18(16)10-15)19-5-6-20(28)26-21(19)29/h3-4,7-10,19H,5-6,11-12H2,1-2H3,(H2,24,25,31)(H,26,28,29). The molecule has 2 aromatic carbocycles. The van der Waals surface area contributed by atoms with Crippen molar-refractivity contribution in [1.82, 2.24) is 15.5 Å². The van der Waals surface area contributed by atoms with Crippen LogP contribution in [0.5, 0.6) is 0 Å². The van der Waals surface area contributed by atoms with Gasteiger partial charge in [-0.05, 0) is 60.7 Å². The molecule has 3 N–H and O–H groups in total. The zero-order valence-electron chi connectivity index (χ0n) is 17.5. The minimum atomic E-state index is -0.636. The lowest BCUT2D eigenvalue weighted by atomic mass is 10.0. The van der Waals surface area contributed by atoms with Gasteiger partial charge < -0.3 is 15.5 Å². The molecule has 31 heavy (non-hydrogen) atoms. The van der Waals surface area contributed by atoms with Crippen LogP contribution in [0.2, 0.25) is 0 Å². The van der Waals surface area contributed by atoms with Crippen molar-refractivity contribution in [2.24, 2.45) is 0 Å². The molecule has 1 atom stereocenters. The summed E-state index contributed by atoms with van der Waals surface area (Å²) in [6, 6.07) is 10.3. The summed E-state index contributed by atoms with van der Waals surface area (Å²) in [6.45, 7) is 4.53. The number of hydrogen-bond donors (Lipinski definition) is 3. The van der Waals surface area contributed by atoms with E-state index in [0.717, 1.165) is 27.9 Å². The normalized spacial score (nSPS) is 17.9. The number of urea groups is 1. The lowest BCUT2D eigenvalue weighted by Gasteiger charge is -2.29. The predicted molar refractivity (Wildman–Crippen MR) is 114 cm³/mol. The average molecular weight is 420 g/mol. The third-order valence-corrected chi connectivity index (χ3v) is 5.53. The van der Waals surface area contributed by atoms with Crippen LogP contribution in [-0.4, -0.2) is 34.7 Å². The Hall–Kier alpha value is -3.68. The fourth-order valence-corrected chi connectivity index (χ4v) is 4.12. The number of carbonyl (C=O) groups excluding carboxylic acids is 4. The number of aryl methyl sites for hydroxylation is 2. The van der Waals surface area contributed by atoms with Gasteiger partial charge in [-0.1, -0.05) is 18.2 Å². The highest BCUT2D eigenvalue weighted by Crippen LogP contribution is 2.28. The van der Waals surface area contributed by atoms with Crippen molar-refractivity contribution in [3.8, 4) is 0 Å². The topological polar surface area (TPSA) is 108 Å². The van der Waals surface area contributed by atoms with Crippen LogP contribution in [0.3, 0.4) is 0 Å². The second-order valence-electron chi connectivity index (χ2n) is 8.08. The molecular formula is C23H24N4O4. The molecule has 2 aliphatic heterocycles. The monoisotopic (exact) mass is 420 g/mol. The third-order valence-electron chi connectivity index (χ3n) is 5.53. The minimum absolute atomic E-state index is 0.223. The number of rotatable bonds is 4. The van der Waals surface area contributed by atoms with E-state index in [0.29, 0.717) is 18.5 Å². The SMILES string of the molecule is Cc1cc(C)cc(NC(=O)NCc2ccc3c(c2)C(=O)N(C2CCC(=O)NC2=O)C3)c1. The van der Waals surface area contributed by atoms with Crippen molar-refractivity contribution in [2.75, 3.05) is 5.32 Å². The molecule has 0 aromatic heterocycles. The molecule has 0 radical (unpaired) electrons. The molecule has 1 unspecified atom stereocenters. The summed E-state index contributed by atoms with van der Waals surface area (Å²) in [4.78, 5) is 50.2. The Bertz CT molecular complexity index is 1070. The van der Waals surface area contributed by atoms with E-state index in [9.17, 15) is 19.2 Å². The van der Waals surface area contributed by atoms with Gasteiger partial charge in [0.2, 0.25) is 11.8 Å². The van der Waals surface area contributed by atoms with Crippen LogP contribution in [0.1, 0.15) is 45.5 Å². The first-order valence-corrected chi connectivity index (χ1v) is 10.2. The number of nitrogens with zero attached hydrogens (tertiary/aromatic N) is 1. The smallest absolute Gasteiger partial charge is 0.319 e. The Labute approximate surface area is 180 Å². The average Bonchev–Trinajstić information content (AvgIpc) is 3.01. The minimum Gasteiger partial charge on any atom is -0.334 e. The molecule has 0 spiro atoms. The van der Waals surface area contributed by atoms with Gasteiger partial charge in [-0.3, -0.25) is 19.7 Å². The molecule has 5 amide bonds. The van der Waals surface area contributed by atoms with Crippen LogP contribution >= 0.6 is 0 Å². The van der Waals surface area contributed by atoms with Crippen LogP contribution in [-0.2, 0) is 22.7 Å². The summed E-state index contributed by atoms with van der Waals surface area (Å²) in [5.74, 6) is -0.966. The molecule has 2 heterocycles. The van der Waals surface area contributed by atoms with E-state index in [1.165, 1.54) is 4.90 Å². The maximum atomic E-state index is 12.9. The number of hydrogen-bond acceptors (Lipinski definition) is 4. The molecule has 0 bridgehead atoms. The Kier molecular flexibility index (Phi) is 5.46. The summed E-state index contributed by atoms with van der Waals surface area (Å²) < 4.78 is 0. The van der Waals surface area contributed by atoms with Gasteiger partial charge >= 0.3 is 6.03 Å². The molecule has 0 saturated carbocycles. The maximum absolute atomic E-state index is 12.9. The molecule has 2 aromatic rings. The molecule has 160 valence electrons. The van der Waals surface area contributed by atoms with E-state index in [1.54, 1.807) is 6.07 Å². The van der Waals surface area contributed by atoms with Gasteiger partial charge in [0.15, 0.2) is 0 Å². The van der Waals surface area contributed by atoms with E-state index in [4.69, 9.17) is 0 Å². The number of benzene rings is 2. The number of amides is 5. The molecule has 8 nitrogen and oxygen atoms in total. The van der Waals surface area contributed by atoms with Crippen molar-refractivity contribution in [3.63, 3.8) is 0 Å². The van der Waals surface area contributed by atoms with Crippen molar-refractivity contribution >= 4 is 29.4 Å². The van der Waals surface area contributed by atoms with Gasteiger partial charge in [0.25, 0.3) is 5.91 Å². The first-order chi connectivity index (χ1) is 14.8. The van der Waals surface area contributed by atoms with Gasteiger partial charge in [-0.15, -0.1) is 0 Å². The lowest BCUT2D eigenvalue weighted by Crippen LogP contribution is -2.52. The van der Waals surface area contributed by atoms with Gasteiger partial charge in [0.1, 0.15) is 6.04 Å². The Balaban J connectivity index is 1.39. The third kappa shape index (κ3) is 4.42. The summed E-state index contributed by atoms with van der Waals surface area (Å²) >= 11 is 0. The fourth-order valence-electron chi connectivity index (χ4n) is 4.12. The Morgan fingerprint density at radius 1 is 1.10 bits per heavy atom. The van der Waals surface area contributed by atoms with E-state index < -0.39 is 11.9 Å². The number of carbonyl (C=O) groups is 4. The van der Waals surface area contributed by atoms with Crippen molar-refractivity contribution in [1.29, 1.82) is 0 Å².